The van der Waals surface area contributed by atoms with Crippen LogP contribution in [0.2, 0.25) is 0 Å². The zero-order valence-electron chi connectivity index (χ0n) is 13.6. The number of hydrogen-bond acceptors (Lipinski definition) is 3. The molecule has 1 amide bonds. The molecule has 0 aliphatic carbocycles. The van der Waals surface area contributed by atoms with Crippen LogP contribution < -0.4 is 0 Å². The number of carbonyl (C=O) groups excluding carboxylic acids is 1. The first-order valence-corrected chi connectivity index (χ1v) is 7.41. The van der Waals surface area contributed by atoms with Gasteiger partial charge in [0.15, 0.2) is 0 Å². The van der Waals surface area contributed by atoms with E-state index in [0.717, 1.165) is 11.1 Å². The van der Waals surface area contributed by atoms with Crippen molar-refractivity contribution in [3.63, 3.8) is 0 Å². The second-order valence-electron chi connectivity index (χ2n) is 5.99. The summed E-state index contributed by atoms with van der Waals surface area (Å²) in [5, 5.41) is 7.76. The van der Waals surface area contributed by atoms with Crippen molar-refractivity contribution < 1.29 is 9.53 Å². The second-order valence-corrected chi connectivity index (χ2v) is 5.99. The molecule has 0 heterocycles. The van der Waals surface area contributed by atoms with Gasteiger partial charge < -0.3 is 4.74 Å². The molecule has 2 aromatic rings. The summed E-state index contributed by atoms with van der Waals surface area (Å²) in [7, 11) is 0. The third-order valence-corrected chi connectivity index (χ3v) is 2.81. The lowest BCUT2D eigenvalue weighted by molar-refractivity contribution is 0.0592. The van der Waals surface area contributed by atoms with Gasteiger partial charge in [-0.25, -0.2) is 4.79 Å². The predicted octanol–water partition coefficient (Wildman–Crippen LogP) is 5.57. The standard InChI is InChI=1S/C19H20N2O2/c1-19(2,3)23-18(22)21-20-17(16-12-8-5-9-13-16)14-15-10-6-4-7-11-15/h4-14H,1-3H3/b17-14+,21-20?. The Hall–Kier alpha value is -2.75. The number of nitrogens with zero attached hydrogens (tertiary/aromatic N) is 2. The van der Waals surface area contributed by atoms with E-state index in [0.29, 0.717) is 5.70 Å². The van der Waals surface area contributed by atoms with E-state index in [-0.39, 0.29) is 0 Å². The van der Waals surface area contributed by atoms with Gasteiger partial charge in [0.25, 0.3) is 0 Å². The lowest BCUT2D eigenvalue weighted by Crippen LogP contribution is -2.21. The zero-order chi connectivity index (χ0) is 16.7. The van der Waals surface area contributed by atoms with Gasteiger partial charge in [0, 0.05) is 5.56 Å². The molecular formula is C19H20N2O2. The summed E-state index contributed by atoms with van der Waals surface area (Å²) >= 11 is 0. The largest absolute Gasteiger partial charge is 0.452 e. The molecule has 23 heavy (non-hydrogen) atoms. The smallest absolute Gasteiger partial charge is 0.441 e. The van der Waals surface area contributed by atoms with Crippen molar-refractivity contribution >= 4 is 17.9 Å². The molecule has 0 aromatic heterocycles. The highest BCUT2D eigenvalue weighted by atomic mass is 16.6. The minimum absolute atomic E-state index is 0.591. The van der Waals surface area contributed by atoms with Crippen molar-refractivity contribution in [1.82, 2.24) is 0 Å². The highest BCUT2D eigenvalue weighted by Gasteiger charge is 2.15. The van der Waals surface area contributed by atoms with E-state index in [4.69, 9.17) is 4.74 Å². The molecule has 0 N–H and O–H groups in total. The van der Waals surface area contributed by atoms with E-state index in [1.54, 1.807) is 20.8 Å². The maximum atomic E-state index is 11.7. The van der Waals surface area contributed by atoms with Crippen LogP contribution in [-0.2, 0) is 4.74 Å². The Morgan fingerprint density at radius 1 is 0.913 bits per heavy atom. The molecule has 4 nitrogen and oxygen atoms in total. The lowest BCUT2D eigenvalue weighted by Gasteiger charge is -2.16. The predicted molar refractivity (Wildman–Crippen MR) is 91.8 cm³/mol. The number of hydrogen-bond donors (Lipinski definition) is 0. The number of azo groups is 1. The average molecular weight is 308 g/mol. The summed E-state index contributed by atoms with van der Waals surface area (Å²) in [5.74, 6) is 0. The molecule has 0 aliphatic heterocycles. The van der Waals surface area contributed by atoms with Crippen LogP contribution in [0.25, 0.3) is 11.8 Å². The van der Waals surface area contributed by atoms with E-state index >= 15 is 0 Å². The molecule has 2 aromatic carbocycles. The third-order valence-electron chi connectivity index (χ3n) is 2.81. The first kappa shape index (κ1) is 16.6. The SMILES string of the molecule is CC(C)(C)OC(=O)N=N/C(=C/c1ccccc1)c1ccccc1. The fourth-order valence-corrected chi connectivity index (χ4v) is 1.86. The zero-order valence-corrected chi connectivity index (χ0v) is 13.6. The summed E-state index contributed by atoms with van der Waals surface area (Å²) in [6.45, 7) is 5.37. The number of amides is 1. The van der Waals surface area contributed by atoms with Gasteiger partial charge in [-0.3, -0.25) is 0 Å². The Labute approximate surface area is 136 Å². The van der Waals surface area contributed by atoms with Crippen LogP contribution in [0.5, 0.6) is 0 Å². The summed E-state index contributed by atoms with van der Waals surface area (Å²) in [5.41, 5.74) is 1.87. The van der Waals surface area contributed by atoms with Gasteiger partial charge in [0.1, 0.15) is 5.60 Å². The maximum Gasteiger partial charge on any atom is 0.452 e. The number of ether oxygens (including phenoxy) is 1. The van der Waals surface area contributed by atoms with Crippen molar-refractivity contribution in [3.05, 3.63) is 71.8 Å². The fourth-order valence-electron chi connectivity index (χ4n) is 1.86. The van der Waals surface area contributed by atoms with Gasteiger partial charge in [-0.05, 0) is 32.4 Å². The molecule has 0 spiro atoms. The van der Waals surface area contributed by atoms with Gasteiger partial charge >= 0.3 is 6.09 Å². The van der Waals surface area contributed by atoms with Crippen LogP contribution in [-0.4, -0.2) is 11.7 Å². The Kier molecular flexibility index (Phi) is 5.41. The molecule has 118 valence electrons. The Morgan fingerprint density at radius 2 is 1.48 bits per heavy atom. The van der Waals surface area contributed by atoms with Crippen molar-refractivity contribution in [2.45, 2.75) is 26.4 Å². The fraction of sp³-hybridized carbons (Fsp3) is 0.211. The van der Waals surface area contributed by atoms with Gasteiger partial charge in [0.05, 0.1) is 5.70 Å². The van der Waals surface area contributed by atoms with Crippen molar-refractivity contribution in [3.8, 4) is 0 Å². The first-order chi connectivity index (χ1) is 10.9. The molecule has 0 bridgehead atoms. The minimum Gasteiger partial charge on any atom is -0.441 e. The summed E-state index contributed by atoms with van der Waals surface area (Å²) in [6, 6.07) is 19.4. The van der Waals surface area contributed by atoms with Crippen molar-refractivity contribution in [2.75, 3.05) is 0 Å². The Balaban J connectivity index is 2.28. The molecule has 0 radical (unpaired) electrons. The normalized spacial score (nSPS) is 12.4. The highest BCUT2D eigenvalue weighted by molar-refractivity contribution is 5.81. The summed E-state index contributed by atoms with van der Waals surface area (Å²) in [4.78, 5) is 11.7. The van der Waals surface area contributed by atoms with E-state index in [1.807, 2.05) is 66.7 Å². The summed E-state index contributed by atoms with van der Waals surface area (Å²) < 4.78 is 5.15. The van der Waals surface area contributed by atoms with Crippen LogP contribution in [0.3, 0.4) is 0 Å². The quantitative estimate of drug-likeness (QED) is 0.549. The molecule has 0 atom stereocenters. The third kappa shape index (κ3) is 5.87. The topological polar surface area (TPSA) is 51.0 Å². The molecule has 0 aliphatic rings. The number of rotatable bonds is 3. The molecular weight excluding hydrogens is 288 g/mol. The first-order valence-electron chi connectivity index (χ1n) is 7.41. The second kappa shape index (κ2) is 7.49. The average Bonchev–Trinajstić information content (AvgIpc) is 2.51. The van der Waals surface area contributed by atoms with E-state index in [9.17, 15) is 4.79 Å². The van der Waals surface area contributed by atoms with Crippen LogP contribution >= 0.6 is 0 Å². The van der Waals surface area contributed by atoms with Crippen LogP contribution in [0.15, 0.2) is 70.9 Å². The van der Waals surface area contributed by atoms with Crippen LogP contribution in [0.4, 0.5) is 4.79 Å². The van der Waals surface area contributed by atoms with E-state index in [1.165, 1.54) is 0 Å². The van der Waals surface area contributed by atoms with Gasteiger partial charge in [0.2, 0.25) is 0 Å². The van der Waals surface area contributed by atoms with Gasteiger partial charge in [-0.1, -0.05) is 65.8 Å². The number of carbonyl (C=O) groups is 1. The molecule has 0 saturated carbocycles. The minimum atomic E-state index is -0.701. The number of benzene rings is 2. The van der Waals surface area contributed by atoms with E-state index in [2.05, 4.69) is 10.2 Å². The van der Waals surface area contributed by atoms with Crippen LogP contribution in [0, 0.1) is 0 Å². The summed E-state index contributed by atoms with van der Waals surface area (Å²) in [6.07, 6.45) is 1.18. The van der Waals surface area contributed by atoms with Gasteiger partial charge in [-0.2, -0.15) is 0 Å². The maximum absolute atomic E-state index is 11.7. The Morgan fingerprint density at radius 3 is 2.04 bits per heavy atom. The monoisotopic (exact) mass is 308 g/mol. The van der Waals surface area contributed by atoms with Crippen LogP contribution in [0.1, 0.15) is 31.9 Å². The molecule has 0 saturated heterocycles. The molecule has 2 rings (SSSR count). The Bertz CT molecular complexity index is 699. The molecule has 0 unspecified atom stereocenters. The van der Waals surface area contributed by atoms with E-state index < -0.39 is 11.7 Å². The van der Waals surface area contributed by atoms with Gasteiger partial charge in [-0.15, -0.1) is 5.11 Å². The molecule has 4 heteroatoms. The lowest BCUT2D eigenvalue weighted by atomic mass is 10.1. The highest BCUT2D eigenvalue weighted by Crippen LogP contribution is 2.20. The molecule has 0 fully saturated rings. The van der Waals surface area contributed by atoms with Crippen molar-refractivity contribution in [2.24, 2.45) is 10.2 Å². The van der Waals surface area contributed by atoms with Crippen molar-refractivity contribution in [1.29, 1.82) is 0 Å².